The summed E-state index contributed by atoms with van der Waals surface area (Å²) in [5.74, 6) is -0.151. The van der Waals surface area contributed by atoms with Gasteiger partial charge in [0.2, 0.25) is 0 Å². The van der Waals surface area contributed by atoms with Gasteiger partial charge in [-0.25, -0.2) is 13.4 Å². The van der Waals surface area contributed by atoms with E-state index in [0.29, 0.717) is 0 Å². The Kier molecular flexibility index (Phi) is 4.81. The maximum absolute atomic E-state index is 12.5. The van der Waals surface area contributed by atoms with Crippen molar-refractivity contribution in [3.63, 3.8) is 0 Å². The van der Waals surface area contributed by atoms with Crippen molar-refractivity contribution in [3.8, 4) is 6.07 Å². The number of aromatic nitrogens is 1. The highest BCUT2D eigenvalue weighted by Gasteiger charge is 2.33. The summed E-state index contributed by atoms with van der Waals surface area (Å²) in [5, 5.41) is 8.66. The number of halogens is 3. The highest BCUT2D eigenvalue weighted by atomic mass is 32.2. The van der Waals surface area contributed by atoms with Crippen molar-refractivity contribution < 1.29 is 21.6 Å². The van der Waals surface area contributed by atoms with Crippen molar-refractivity contribution in [2.75, 3.05) is 17.8 Å². The Morgan fingerprint density at radius 3 is 2.53 bits per heavy atom. The van der Waals surface area contributed by atoms with Crippen LogP contribution in [0.15, 0.2) is 17.2 Å². The molecule has 0 saturated heterocycles. The van der Waals surface area contributed by atoms with Crippen LogP contribution in [0.4, 0.5) is 13.2 Å². The van der Waals surface area contributed by atoms with Crippen LogP contribution in [0.5, 0.6) is 0 Å². The van der Waals surface area contributed by atoms with Crippen molar-refractivity contribution in [1.29, 1.82) is 5.26 Å². The molecule has 0 saturated carbocycles. The van der Waals surface area contributed by atoms with Gasteiger partial charge in [0.1, 0.15) is 26.6 Å². The lowest BCUT2D eigenvalue weighted by Crippen LogP contribution is -2.10. The van der Waals surface area contributed by atoms with E-state index in [0.717, 1.165) is 30.2 Å². The first kappa shape index (κ1) is 15.8. The average molecular weight is 310 g/mol. The first-order chi connectivity index (χ1) is 8.63. The molecular formula is C10H9F3N2O2S2. The van der Waals surface area contributed by atoms with Crippen LogP contribution in [-0.2, 0) is 16.0 Å². The second-order valence-electron chi connectivity index (χ2n) is 3.64. The third-order valence-corrected chi connectivity index (χ3v) is 4.16. The molecule has 1 heterocycles. The number of hydrogen-bond donors (Lipinski definition) is 0. The molecule has 0 radical (unpaired) electrons. The maximum atomic E-state index is 12.5. The number of pyridine rings is 1. The van der Waals surface area contributed by atoms with Crippen LogP contribution in [0.25, 0.3) is 0 Å². The molecule has 0 aliphatic carbocycles. The number of nitriles is 1. The Bertz CT molecular complexity index is 606. The van der Waals surface area contributed by atoms with Gasteiger partial charge in [0.05, 0.1) is 11.3 Å². The lowest BCUT2D eigenvalue weighted by Gasteiger charge is -2.08. The van der Waals surface area contributed by atoms with Gasteiger partial charge in [0.25, 0.3) is 0 Å². The highest BCUT2D eigenvalue weighted by Crippen LogP contribution is 2.30. The second-order valence-corrected chi connectivity index (χ2v) is 6.98. The van der Waals surface area contributed by atoms with E-state index in [1.165, 1.54) is 0 Å². The van der Waals surface area contributed by atoms with Crippen molar-refractivity contribution in [1.82, 2.24) is 4.98 Å². The van der Waals surface area contributed by atoms with Crippen molar-refractivity contribution >= 4 is 21.6 Å². The molecule has 1 aromatic rings. The van der Waals surface area contributed by atoms with Gasteiger partial charge in [0, 0.05) is 12.0 Å². The van der Waals surface area contributed by atoms with Gasteiger partial charge in [-0.1, -0.05) is 0 Å². The summed E-state index contributed by atoms with van der Waals surface area (Å²) in [7, 11) is -3.21. The Labute approximate surface area is 112 Å². The summed E-state index contributed by atoms with van der Waals surface area (Å²) in [5.41, 5.74) is -1.11. The Hall–Kier alpha value is -1.27. The monoisotopic (exact) mass is 310 g/mol. The fourth-order valence-electron chi connectivity index (χ4n) is 1.08. The highest BCUT2D eigenvalue weighted by molar-refractivity contribution is 8.00. The minimum absolute atomic E-state index is 0.00787. The fraction of sp³-hybridized carbons (Fsp3) is 0.400. The molecule has 0 spiro atoms. The number of rotatable bonds is 4. The molecule has 1 aromatic heterocycles. The maximum Gasteiger partial charge on any atom is 0.433 e. The molecule has 0 fully saturated rings. The normalized spacial score (nSPS) is 12.2. The Morgan fingerprint density at radius 2 is 2.05 bits per heavy atom. The summed E-state index contributed by atoms with van der Waals surface area (Å²) in [6, 6.07) is 3.47. The number of nitrogens with zero attached hydrogens (tertiary/aromatic N) is 2. The van der Waals surface area contributed by atoms with Crippen LogP contribution in [0.3, 0.4) is 0 Å². The standard InChI is InChI=1S/C10H9F3N2O2S2/c1-19(16,17)5-4-18-9-7(6-14)2-3-8(15-9)10(11,12)13/h2-3H,4-5H2,1H3. The molecule has 9 heteroatoms. The molecule has 0 unspecified atom stereocenters. The van der Waals surface area contributed by atoms with Gasteiger partial charge in [-0.3, -0.25) is 0 Å². The summed E-state index contributed by atoms with van der Waals surface area (Å²) in [6.07, 6.45) is -3.57. The molecule has 0 aliphatic rings. The van der Waals surface area contributed by atoms with Gasteiger partial charge in [-0.15, -0.1) is 11.8 Å². The van der Waals surface area contributed by atoms with E-state index in [-0.39, 0.29) is 22.1 Å². The largest absolute Gasteiger partial charge is 0.433 e. The lowest BCUT2D eigenvalue weighted by atomic mass is 10.2. The van der Waals surface area contributed by atoms with E-state index < -0.39 is 21.7 Å². The van der Waals surface area contributed by atoms with Gasteiger partial charge >= 0.3 is 6.18 Å². The van der Waals surface area contributed by atoms with E-state index in [1.54, 1.807) is 6.07 Å². The van der Waals surface area contributed by atoms with Crippen molar-refractivity contribution in [2.24, 2.45) is 0 Å². The molecule has 1 rings (SSSR count). The SMILES string of the molecule is CS(=O)(=O)CCSc1nc(C(F)(F)F)ccc1C#N. The van der Waals surface area contributed by atoms with Gasteiger partial charge < -0.3 is 0 Å². The Morgan fingerprint density at radius 1 is 1.42 bits per heavy atom. The summed E-state index contributed by atoms with van der Waals surface area (Å²) in [6.45, 7) is 0. The van der Waals surface area contributed by atoms with Crippen LogP contribution in [0.1, 0.15) is 11.3 Å². The number of thioether (sulfide) groups is 1. The molecule has 19 heavy (non-hydrogen) atoms. The molecular weight excluding hydrogens is 301 g/mol. The van der Waals surface area contributed by atoms with Crippen molar-refractivity contribution in [2.45, 2.75) is 11.2 Å². The minimum Gasteiger partial charge on any atom is -0.236 e. The lowest BCUT2D eigenvalue weighted by molar-refractivity contribution is -0.141. The molecule has 4 nitrogen and oxygen atoms in total. The topological polar surface area (TPSA) is 70.8 Å². The predicted octanol–water partition coefficient (Wildman–Crippen LogP) is 2.11. The molecule has 0 aromatic carbocycles. The van der Waals surface area contributed by atoms with E-state index in [4.69, 9.17) is 5.26 Å². The number of alkyl halides is 3. The quantitative estimate of drug-likeness (QED) is 0.797. The number of sulfone groups is 1. The van der Waals surface area contributed by atoms with Crippen LogP contribution >= 0.6 is 11.8 Å². The third kappa shape index (κ3) is 5.08. The molecule has 104 valence electrons. The zero-order valence-electron chi connectivity index (χ0n) is 9.73. The van der Waals surface area contributed by atoms with E-state index >= 15 is 0 Å². The predicted molar refractivity (Wildman–Crippen MR) is 64.4 cm³/mol. The third-order valence-electron chi connectivity index (χ3n) is 1.96. The Balaban J connectivity index is 2.95. The average Bonchev–Trinajstić information content (AvgIpc) is 2.26. The zero-order chi connectivity index (χ0) is 14.7. The summed E-state index contributed by atoms with van der Waals surface area (Å²) >= 11 is 0.816. The minimum atomic E-state index is -4.60. The molecule has 0 bridgehead atoms. The molecule has 0 N–H and O–H groups in total. The van der Waals surface area contributed by atoms with Crippen LogP contribution in [0.2, 0.25) is 0 Å². The first-order valence-corrected chi connectivity index (χ1v) is 7.97. The first-order valence-electron chi connectivity index (χ1n) is 4.92. The zero-order valence-corrected chi connectivity index (χ0v) is 11.4. The summed E-state index contributed by atoms with van der Waals surface area (Å²) < 4.78 is 59.2. The van der Waals surface area contributed by atoms with E-state index in [9.17, 15) is 21.6 Å². The van der Waals surface area contributed by atoms with E-state index in [2.05, 4.69) is 4.98 Å². The van der Waals surface area contributed by atoms with Crippen LogP contribution in [0, 0.1) is 11.3 Å². The van der Waals surface area contributed by atoms with Gasteiger partial charge in [-0.05, 0) is 12.1 Å². The van der Waals surface area contributed by atoms with Crippen LogP contribution < -0.4 is 0 Å². The fourth-order valence-corrected chi connectivity index (χ4v) is 3.25. The number of hydrogen-bond acceptors (Lipinski definition) is 5. The van der Waals surface area contributed by atoms with Gasteiger partial charge in [-0.2, -0.15) is 18.4 Å². The molecule has 0 aliphatic heterocycles. The smallest absolute Gasteiger partial charge is 0.236 e. The second kappa shape index (κ2) is 5.79. The molecule has 0 amide bonds. The van der Waals surface area contributed by atoms with Crippen LogP contribution in [-0.4, -0.2) is 31.2 Å². The summed E-state index contributed by atoms with van der Waals surface area (Å²) in [4.78, 5) is 3.36. The molecule has 0 atom stereocenters. The van der Waals surface area contributed by atoms with Gasteiger partial charge in [0.15, 0.2) is 0 Å². The van der Waals surface area contributed by atoms with E-state index in [1.807, 2.05) is 0 Å². The van der Waals surface area contributed by atoms with Crippen molar-refractivity contribution in [3.05, 3.63) is 23.4 Å².